The number of ether oxygens (including phenoxy) is 1. The number of para-hydroxylation sites is 1. The normalized spacial score (nSPS) is 10.2. The van der Waals surface area contributed by atoms with Crippen LogP contribution in [0.25, 0.3) is 10.9 Å². The van der Waals surface area contributed by atoms with Crippen molar-refractivity contribution in [2.75, 3.05) is 7.11 Å². The van der Waals surface area contributed by atoms with Gasteiger partial charge >= 0.3 is 95.0 Å². The van der Waals surface area contributed by atoms with Gasteiger partial charge in [0, 0.05) is 0 Å². The summed E-state index contributed by atoms with van der Waals surface area (Å²) in [5.41, 5.74) is 1.33. The van der Waals surface area contributed by atoms with Crippen LogP contribution in [0, 0.1) is 0 Å². The van der Waals surface area contributed by atoms with Crippen molar-refractivity contribution < 1.29 is 9.53 Å². The first kappa shape index (κ1) is 10.1. The van der Waals surface area contributed by atoms with Crippen LogP contribution in [0.2, 0.25) is 0 Å². The second-order valence-corrected chi connectivity index (χ2v) is 3.84. The van der Waals surface area contributed by atoms with Crippen molar-refractivity contribution in [1.29, 1.82) is 0 Å². The Balaban J connectivity index is 2.80. The first-order valence-electron chi connectivity index (χ1n) is 4.36. The molecule has 3 nitrogen and oxygen atoms in total. The van der Waals surface area contributed by atoms with E-state index in [2.05, 4.69) is 21.0 Å². The Bertz CT molecular complexity index is 525. The van der Waals surface area contributed by atoms with E-state index in [0.717, 1.165) is 17.2 Å². The van der Waals surface area contributed by atoms with Crippen LogP contribution in [-0.4, -0.2) is 34.4 Å². The van der Waals surface area contributed by atoms with E-state index >= 15 is 0 Å². The van der Waals surface area contributed by atoms with Crippen LogP contribution in [0.15, 0.2) is 24.3 Å². The van der Waals surface area contributed by atoms with Gasteiger partial charge in [0.15, 0.2) is 0 Å². The van der Waals surface area contributed by atoms with Gasteiger partial charge in [0.1, 0.15) is 0 Å². The van der Waals surface area contributed by atoms with E-state index in [1.165, 1.54) is 0 Å². The van der Waals surface area contributed by atoms with Crippen molar-refractivity contribution in [1.82, 2.24) is 4.98 Å². The molecule has 0 aliphatic carbocycles. The predicted octanol–water partition coefficient (Wildman–Crippen LogP) is 0.850. The molecule has 0 aliphatic rings. The van der Waals surface area contributed by atoms with Gasteiger partial charge in [-0.3, -0.25) is 0 Å². The quantitative estimate of drug-likeness (QED) is 0.597. The summed E-state index contributed by atoms with van der Waals surface area (Å²) in [7, 11) is 1.60. The summed E-state index contributed by atoms with van der Waals surface area (Å²) < 4.78 is 5.79. The molecule has 0 saturated heterocycles. The zero-order valence-electron chi connectivity index (χ0n) is 8.06. The fourth-order valence-corrected chi connectivity index (χ4v) is 1.84. The predicted molar refractivity (Wildman–Crippen MR) is 59.1 cm³/mol. The molecule has 4 heteroatoms. The van der Waals surface area contributed by atoms with Crippen molar-refractivity contribution in [3.05, 3.63) is 29.8 Å². The number of aldehydes is 1. The molecular formula is C11H8NO2Se. The topological polar surface area (TPSA) is 39.2 Å². The molecule has 0 unspecified atom stereocenters. The number of nitrogens with zero attached hydrogens (tertiary/aromatic N) is 1. The van der Waals surface area contributed by atoms with Gasteiger partial charge in [-0.1, -0.05) is 0 Å². The zero-order chi connectivity index (χ0) is 10.8. The van der Waals surface area contributed by atoms with Crippen LogP contribution in [0.3, 0.4) is 0 Å². The third kappa shape index (κ3) is 1.74. The molecule has 0 amide bonds. The first-order chi connectivity index (χ1) is 7.26. The van der Waals surface area contributed by atoms with Crippen LogP contribution in [0.5, 0.6) is 5.75 Å². The van der Waals surface area contributed by atoms with E-state index < -0.39 is 0 Å². The number of fused-ring (bicyclic) bond motifs is 1. The zero-order valence-corrected chi connectivity index (χ0v) is 9.77. The van der Waals surface area contributed by atoms with Crippen LogP contribution in [0.1, 0.15) is 10.4 Å². The number of rotatable bonds is 2. The molecule has 1 aromatic heterocycles. The molecule has 15 heavy (non-hydrogen) atoms. The molecule has 1 aromatic carbocycles. The van der Waals surface area contributed by atoms with Gasteiger partial charge in [0.25, 0.3) is 0 Å². The van der Waals surface area contributed by atoms with Gasteiger partial charge in [0.2, 0.25) is 0 Å². The van der Waals surface area contributed by atoms with Gasteiger partial charge in [-0.2, -0.15) is 0 Å². The van der Waals surface area contributed by atoms with Crippen molar-refractivity contribution >= 4 is 37.8 Å². The molecule has 0 atom stereocenters. The molecule has 1 radical (unpaired) electrons. The summed E-state index contributed by atoms with van der Waals surface area (Å²) >= 11 is 2.77. The SMILES string of the molecule is COc1cccc2cc(C=O)c([Se])nc12. The summed E-state index contributed by atoms with van der Waals surface area (Å²) in [6.07, 6.45) is 0.789. The molecule has 0 spiro atoms. The summed E-state index contributed by atoms with van der Waals surface area (Å²) in [6, 6.07) is 7.41. The Labute approximate surface area is 95.3 Å². The van der Waals surface area contributed by atoms with E-state index in [4.69, 9.17) is 4.74 Å². The third-order valence-electron chi connectivity index (χ3n) is 2.15. The number of carbonyl (C=O) groups excluding carboxylic acids is 1. The van der Waals surface area contributed by atoms with E-state index in [1.54, 1.807) is 13.2 Å². The fourth-order valence-electron chi connectivity index (χ4n) is 1.42. The average Bonchev–Trinajstić information content (AvgIpc) is 2.27. The molecule has 0 saturated carbocycles. The van der Waals surface area contributed by atoms with Gasteiger partial charge in [-0.15, -0.1) is 0 Å². The fraction of sp³-hybridized carbons (Fsp3) is 0.0909. The number of hydrogen-bond acceptors (Lipinski definition) is 3. The van der Waals surface area contributed by atoms with Crippen LogP contribution in [0.4, 0.5) is 0 Å². The third-order valence-corrected chi connectivity index (χ3v) is 2.83. The van der Waals surface area contributed by atoms with E-state index in [-0.39, 0.29) is 0 Å². The molecule has 0 fully saturated rings. The van der Waals surface area contributed by atoms with E-state index in [9.17, 15) is 4.79 Å². The Morgan fingerprint density at radius 3 is 2.93 bits per heavy atom. The molecule has 75 valence electrons. The maximum atomic E-state index is 10.7. The first-order valence-corrected chi connectivity index (χ1v) is 5.22. The molecule has 0 aliphatic heterocycles. The summed E-state index contributed by atoms with van der Waals surface area (Å²) in [4.78, 5) is 15.0. The summed E-state index contributed by atoms with van der Waals surface area (Å²) in [5, 5.41) is 0.899. The van der Waals surface area contributed by atoms with Gasteiger partial charge in [-0.25, -0.2) is 0 Å². The molecular weight excluding hydrogens is 257 g/mol. The van der Waals surface area contributed by atoms with E-state index in [1.807, 2.05) is 18.2 Å². The van der Waals surface area contributed by atoms with Gasteiger partial charge < -0.3 is 0 Å². The number of benzene rings is 1. The van der Waals surface area contributed by atoms with Gasteiger partial charge in [-0.05, 0) is 0 Å². The molecule has 2 aromatic rings. The number of methoxy groups -OCH3 is 1. The van der Waals surface area contributed by atoms with E-state index in [0.29, 0.717) is 15.9 Å². The summed E-state index contributed by atoms with van der Waals surface area (Å²) in [5.74, 6) is 0.710. The number of pyridine rings is 1. The molecule has 2 rings (SSSR count). The van der Waals surface area contributed by atoms with Crippen molar-refractivity contribution in [2.45, 2.75) is 0 Å². The van der Waals surface area contributed by atoms with Crippen molar-refractivity contribution in [3.63, 3.8) is 0 Å². The Kier molecular flexibility index (Phi) is 2.71. The number of hydrogen-bond donors (Lipinski definition) is 0. The molecule has 1 heterocycles. The maximum absolute atomic E-state index is 10.7. The van der Waals surface area contributed by atoms with Crippen LogP contribution >= 0.6 is 0 Å². The van der Waals surface area contributed by atoms with Gasteiger partial charge in [0.05, 0.1) is 0 Å². The monoisotopic (exact) mass is 266 g/mol. The average molecular weight is 265 g/mol. The minimum absolute atomic E-state index is 0.566. The van der Waals surface area contributed by atoms with Crippen LogP contribution in [-0.2, 0) is 0 Å². The standard InChI is InChI=1S/C11H8NO2Se/c1-14-9-4-2-3-7-5-8(6-13)11(15)12-10(7)9/h2-6H,1H3. The number of aromatic nitrogens is 1. The molecule has 0 bridgehead atoms. The Morgan fingerprint density at radius 1 is 1.47 bits per heavy atom. The second-order valence-electron chi connectivity index (χ2n) is 3.03. The van der Waals surface area contributed by atoms with Crippen molar-refractivity contribution in [2.24, 2.45) is 0 Å². The molecule has 0 N–H and O–H groups in total. The Morgan fingerprint density at radius 2 is 2.27 bits per heavy atom. The van der Waals surface area contributed by atoms with Crippen molar-refractivity contribution in [3.8, 4) is 5.75 Å². The minimum atomic E-state index is 0.566. The second kappa shape index (κ2) is 4.01. The Hall–Kier alpha value is -1.38. The summed E-state index contributed by atoms with van der Waals surface area (Å²) in [6.45, 7) is 0. The number of carbonyl (C=O) groups is 1. The van der Waals surface area contributed by atoms with Crippen LogP contribution < -0.4 is 9.33 Å².